The third kappa shape index (κ3) is 4.61. The number of nitrogens with zero attached hydrogens (tertiary/aromatic N) is 4. The summed E-state index contributed by atoms with van der Waals surface area (Å²) in [4.78, 5) is 16.3. The molecule has 0 unspecified atom stereocenters. The average molecular weight is 378 g/mol. The molecule has 0 atom stereocenters. The summed E-state index contributed by atoms with van der Waals surface area (Å²) >= 11 is 0. The summed E-state index contributed by atoms with van der Waals surface area (Å²) in [7, 11) is -3.72. The van der Waals surface area contributed by atoms with E-state index in [1.165, 1.54) is 16.4 Å². The first-order valence-corrected chi connectivity index (χ1v) is 10.4. The predicted molar refractivity (Wildman–Crippen MR) is 98.9 cm³/mol. The normalized spacial score (nSPS) is 15.8. The van der Waals surface area contributed by atoms with E-state index in [0.717, 1.165) is 19.6 Å². The van der Waals surface area contributed by atoms with Crippen molar-refractivity contribution in [2.75, 3.05) is 45.8 Å². The van der Waals surface area contributed by atoms with E-state index in [9.17, 15) is 13.2 Å². The van der Waals surface area contributed by atoms with Gasteiger partial charge in [-0.1, -0.05) is 26.0 Å². The van der Waals surface area contributed by atoms with Crippen LogP contribution >= 0.6 is 0 Å². The predicted octanol–water partition coefficient (Wildman–Crippen LogP) is 1.12. The van der Waals surface area contributed by atoms with Gasteiger partial charge in [-0.05, 0) is 25.2 Å². The highest BCUT2D eigenvalue weighted by molar-refractivity contribution is 7.89. The smallest absolute Gasteiger partial charge is 0.244 e. The summed E-state index contributed by atoms with van der Waals surface area (Å²) in [5.41, 5.74) is 0.144. The van der Waals surface area contributed by atoms with Gasteiger partial charge in [-0.25, -0.2) is 8.42 Å². The van der Waals surface area contributed by atoms with Crippen LogP contribution in [0, 0.1) is 11.3 Å². The molecule has 1 fully saturated rings. The molecule has 0 N–H and O–H groups in total. The number of benzene rings is 1. The van der Waals surface area contributed by atoms with Crippen molar-refractivity contribution in [3.63, 3.8) is 0 Å². The standard InChI is InChI=1S/C18H26N4O3S/c1-3-20(4-2)10-9-18(23)21-11-13-22(14-12-21)26(24,25)17-8-6-5-7-16(17)15-19/h5-8H,3-4,9-14H2,1-2H3. The molecule has 1 amide bonds. The molecule has 0 spiro atoms. The van der Waals surface area contributed by atoms with Gasteiger partial charge in [0.2, 0.25) is 15.9 Å². The van der Waals surface area contributed by atoms with Crippen molar-refractivity contribution < 1.29 is 13.2 Å². The summed E-state index contributed by atoms with van der Waals surface area (Å²) in [5.74, 6) is 0.0615. The van der Waals surface area contributed by atoms with Crippen LogP contribution in [0.4, 0.5) is 0 Å². The van der Waals surface area contributed by atoms with Gasteiger partial charge in [0.25, 0.3) is 0 Å². The molecule has 0 aliphatic carbocycles. The summed E-state index contributed by atoms with van der Waals surface area (Å²) < 4.78 is 27.0. The summed E-state index contributed by atoms with van der Waals surface area (Å²) in [6, 6.07) is 8.14. The molecule has 1 aliphatic rings. The Kier molecular flexibility index (Phi) is 7.14. The first-order valence-electron chi connectivity index (χ1n) is 8.93. The van der Waals surface area contributed by atoms with Crippen LogP contribution in [0.25, 0.3) is 0 Å². The van der Waals surface area contributed by atoms with Gasteiger partial charge in [0.1, 0.15) is 6.07 Å². The molecule has 0 bridgehead atoms. The lowest BCUT2D eigenvalue weighted by molar-refractivity contribution is -0.132. The molecule has 1 aromatic rings. The van der Waals surface area contributed by atoms with Crippen LogP contribution in [0.2, 0.25) is 0 Å². The molecule has 2 rings (SSSR count). The molecule has 8 heteroatoms. The van der Waals surface area contributed by atoms with Gasteiger partial charge >= 0.3 is 0 Å². The van der Waals surface area contributed by atoms with Crippen LogP contribution in [0.15, 0.2) is 29.2 Å². The van der Waals surface area contributed by atoms with Crippen LogP contribution < -0.4 is 0 Å². The fraction of sp³-hybridized carbons (Fsp3) is 0.556. The van der Waals surface area contributed by atoms with Crippen molar-refractivity contribution in [1.29, 1.82) is 5.26 Å². The second-order valence-electron chi connectivity index (χ2n) is 6.17. The third-order valence-electron chi connectivity index (χ3n) is 4.75. The fourth-order valence-corrected chi connectivity index (χ4v) is 4.62. The Hall–Kier alpha value is -1.95. The molecule has 142 valence electrons. The lowest BCUT2D eigenvalue weighted by Gasteiger charge is -2.34. The van der Waals surface area contributed by atoms with Crippen LogP contribution in [0.1, 0.15) is 25.8 Å². The van der Waals surface area contributed by atoms with Gasteiger partial charge in [-0.2, -0.15) is 9.57 Å². The van der Waals surface area contributed by atoms with E-state index in [-0.39, 0.29) is 29.5 Å². The van der Waals surface area contributed by atoms with Crippen molar-refractivity contribution in [1.82, 2.24) is 14.1 Å². The topological polar surface area (TPSA) is 84.7 Å². The van der Waals surface area contributed by atoms with Crippen LogP contribution in [0.5, 0.6) is 0 Å². The molecule has 1 saturated heterocycles. The Morgan fingerprint density at radius 3 is 2.35 bits per heavy atom. The zero-order chi connectivity index (χ0) is 19.2. The number of carbonyl (C=O) groups is 1. The van der Waals surface area contributed by atoms with Crippen molar-refractivity contribution >= 4 is 15.9 Å². The zero-order valence-corrected chi connectivity index (χ0v) is 16.2. The van der Waals surface area contributed by atoms with Gasteiger partial charge in [0, 0.05) is 39.1 Å². The van der Waals surface area contributed by atoms with Gasteiger partial charge < -0.3 is 9.80 Å². The molecule has 7 nitrogen and oxygen atoms in total. The van der Waals surface area contributed by atoms with Crippen LogP contribution in [-0.2, 0) is 14.8 Å². The minimum absolute atomic E-state index is 0.0313. The Labute approximate surface area is 155 Å². The van der Waals surface area contributed by atoms with Crippen molar-refractivity contribution in [2.45, 2.75) is 25.2 Å². The molecule has 0 radical (unpaired) electrons. The number of piperazine rings is 1. The summed E-state index contributed by atoms with van der Waals surface area (Å²) in [6.07, 6.45) is 0.450. The molecule has 1 aromatic carbocycles. The van der Waals surface area contributed by atoms with E-state index in [2.05, 4.69) is 18.7 Å². The Morgan fingerprint density at radius 1 is 1.15 bits per heavy atom. The molecule has 0 saturated carbocycles. The summed E-state index contributed by atoms with van der Waals surface area (Å²) in [5, 5.41) is 9.15. The molecule has 26 heavy (non-hydrogen) atoms. The third-order valence-corrected chi connectivity index (χ3v) is 6.71. The molecular weight excluding hydrogens is 352 g/mol. The number of carbonyl (C=O) groups excluding carboxylic acids is 1. The Balaban J connectivity index is 1.97. The average Bonchev–Trinajstić information content (AvgIpc) is 2.68. The van der Waals surface area contributed by atoms with Crippen molar-refractivity contribution in [3.05, 3.63) is 29.8 Å². The molecular formula is C18H26N4O3S. The van der Waals surface area contributed by atoms with E-state index in [4.69, 9.17) is 5.26 Å². The first-order chi connectivity index (χ1) is 12.4. The molecule has 1 heterocycles. The number of rotatable bonds is 7. The molecule has 1 aliphatic heterocycles. The lowest BCUT2D eigenvalue weighted by atomic mass is 10.2. The van der Waals surface area contributed by atoms with Gasteiger partial charge in [0.15, 0.2) is 0 Å². The fourth-order valence-electron chi connectivity index (χ4n) is 3.05. The van der Waals surface area contributed by atoms with Crippen LogP contribution in [0.3, 0.4) is 0 Å². The van der Waals surface area contributed by atoms with Gasteiger partial charge in [-0.15, -0.1) is 0 Å². The van der Waals surface area contributed by atoms with Crippen LogP contribution in [-0.4, -0.2) is 74.2 Å². The second kappa shape index (κ2) is 9.12. The van der Waals surface area contributed by atoms with Crippen molar-refractivity contribution in [2.24, 2.45) is 0 Å². The minimum Gasteiger partial charge on any atom is -0.340 e. The van der Waals surface area contributed by atoms with E-state index < -0.39 is 10.0 Å². The van der Waals surface area contributed by atoms with Gasteiger partial charge in [-0.3, -0.25) is 4.79 Å². The van der Waals surface area contributed by atoms with Gasteiger partial charge in [0.05, 0.1) is 10.5 Å². The molecule has 0 aromatic heterocycles. The van der Waals surface area contributed by atoms with E-state index >= 15 is 0 Å². The lowest BCUT2D eigenvalue weighted by Crippen LogP contribution is -2.51. The number of sulfonamides is 1. The number of amides is 1. The zero-order valence-electron chi connectivity index (χ0n) is 15.4. The Bertz CT molecular complexity index is 761. The number of hydrogen-bond acceptors (Lipinski definition) is 5. The van der Waals surface area contributed by atoms with E-state index in [1.54, 1.807) is 17.0 Å². The Morgan fingerprint density at radius 2 is 1.77 bits per heavy atom. The minimum atomic E-state index is -3.72. The maximum atomic E-state index is 12.8. The van der Waals surface area contributed by atoms with Crippen molar-refractivity contribution in [3.8, 4) is 6.07 Å². The summed E-state index contributed by atoms with van der Waals surface area (Å²) in [6.45, 7) is 7.93. The highest BCUT2D eigenvalue weighted by atomic mass is 32.2. The number of nitriles is 1. The highest BCUT2D eigenvalue weighted by Crippen LogP contribution is 2.21. The second-order valence-corrected chi connectivity index (χ2v) is 8.08. The highest BCUT2D eigenvalue weighted by Gasteiger charge is 2.31. The first kappa shape index (κ1) is 20.4. The largest absolute Gasteiger partial charge is 0.340 e. The maximum absolute atomic E-state index is 12.8. The maximum Gasteiger partial charge on any atom is 0.244 e. The number of hydrogen-bond donors (Lipinski definition) is 0. The monoisotopic (exact) mass is 378 g/mol. The SMILES string of the molecule is CCN(CC)CCC(=O)N1CCN(S(=O)(=O)c2ccccc2C#N)CC1. The van der Waals surface area contributed by atoms with E-state index in [1.807, 2.05) is 6.07 Å². The quantitative estimate of drug-likeness (QED) is 0.710. The van der Waals surface area contributed by atoms with E-state index in [0.29, 0.717) is 19.5 Å².